The van der Waals surface area contributed by atoms with Crippen LogP contribution >= 0.6 is 22.9 Å². The Morgan fingerprint density at radius 1 is 1.44 bits per heavy atom. The summed E-state index contributed by atoms with van der Waals surface area (Å²) in [5.41, 5.74) is 9.75. The summed E-state index contributed by atoms with van der Waals surface area (Å²) in [5.74, 6) is 0.986. The van der Waals surface area contributed by atoms with Crippen molar-refractivity contribution in [2.75, 3.05) is 6.61 Å². The molecule has 1 aliphatic heterocycles. The number of ether oxygens (including phenoxy) is 1. The topological polar surface area (TPSA) is 35.2 Å². The Hall–Kier alpha value is -1.03. The highest BCUT2D eigenvalue weighted by Crippen LogP contribution is 2.36. The van der Waals surface area contributed by atoms with Crippen LogP contribution in [0.3, 0.4) is 0 Å². The number of rotatable bonds is 2. The molecule has 0 bridgehead atoms. The summed E-state index contributed by atoms with van der Waals surface area (Å²) in [6.07, 6.45) is 0.965. The molecular formula is C14H14ClNOS. The number of aryl methyl sites for hydroxylation is 1. The molecule has 2 N–H and O–H groups in total. The molecule has 0 amide bonds. The maximum Gasteiger partial charge on any atom is 0.122 e. The van der Waals surface area contributed by atoms with Gasteiger partial charge >= 0.3 is 0 Å². The first kappa shape index (κ1) is 12.0. The molecule has 3 rings (SSSR count). The van der Waals surface area contributed by atoms with E-state index in [2.05, 4.69) is 6.07 Å². The Morgan fingerprint density at radius 2 is 2.28 bits per heavy atom. The number of thiophene rings is 1. The third-order valence-corrected chi connectivity index (χ3v) is 5.08. The maximum atomic E-state index is 6.31. The zero-order valence-corrected chi connectivity index (χ0v) is 11.6. The zero-order chi connectivity index (χ0) is 12.7. The largest absolute Gasteiger partial charge is 0.493 e. The van der Waals surface area contributed by atoms with Crippen LogP contribution in [0, 0.1) is 6.92 Å². The summed E-state index contributed by atoms with van der Waals surface area (Å²) in [6.45, 7) is 2.78. The standard InChI is InChI=1S/C14H14ClNOS/c1-8-7-18-14(12(8)15)13(16)10-2-3-11-9(6-10)4-5-17-11/h2-3,6-7,13H,4-5,16H2,1H3. The van der Waals surface area contributed by atoms with Crippen molar-refractivity contribution in [3.8, 4) is 5.75 Å². The van der Waals surface area contributed by atoms with E-state index >= 15 is 0 Å². The molecule has 0 saturated heterocycles. The summed E-state index contributed by atoms with van der Waals surface area (Å²) in [4.78, 5) is 1.04. The average molecular weight is 280 g/mol. The van der Waals surface area contributed by atoms with E-state index in [1.165, 1.54) is 5.56 Å². The second-order valence-electron chi connectivity index (χ2n) is 4.54. The van der Waals surface area contributed by atoms with Crippen molar-refractivity contribution in [2.24, 2.45) is 5.73 Å². The van der Waals surface area contributed by atoms with Gasteiger partial charge in [0.1, 0.15) is 5.75 Å². The Kier molecular flexibility index (Phi) is 3.06. The van der Waals surface area contributed by atoms with E-state index in [4.69, 9.17) is 22.1 Å². The summed E-state index contributed by atoms with van der Waals surface area (Å²) < 4.78 is 5.50. The van der Waals surface area contributed by atoms with Crippen molar-refractivity contribution >= 4 is 22.9 Å². The number of hydrogen-bond donors (Lipinski definition) is 1. The van der Waals surface area contributed by atoms with Crippen LogP contribution in [0.25, 0.3) is 0 Å². The Labute approximate surface area is 115 Å². The molecule has 1 unspecified atom stereocenters. The fourth-order valence-corrected chi connectivity index (χ4v) is 3.55. The lowest BCUT2D eigenvalue weighted by Gasteiger charge is -2.12. The van der Waals surface area contributed by atoms with E-state index in [0.29, 0.717) is 0 Å². The van der Waals surface area contributed by atoms with E-state index in [1.807, 2.05) is 24.4 Å². The lowest BCUT2D eigenvalue weighted by molar-refractivity contribution is 0.357. The molecular weight excluding hydrogens is 266 g/mol. The van der Waals surface area contributed by atoms with E-state index in [1.54, 1.807) is 11.3 Å². The smallest absolute Gasteiger partial charge is 0.122 e. The highest BCUT2D eigenvalue weighted by atomic mass is 35.5. The first-order valence-corrected chi connectivity index (χ1v) is 7.17. The van der Waals surface area contributed by atoms with Crippen LogP contribution in [0.1, 0.15) is 27.6 Å². The van der Waals surface area contributed by atoms with Crippen LogP contribution in [0.15, 0.2) is 23.6 Å². The van der Waals surface area contributed by atoms with E-state index in [-0.39, 0.29) is 6.04 Å². The van der Waals surface area contributed by atoms with Crippen LogP contribution in [0.2, 0.25) is 5.02 Å². The first-order chi connectivity index (χ1) is 8.66. The molecule has 94 valence electrons. The minimum atomic E-state index is -0.151. The average Bonchev–Trinajstić information content (AvgIpc) is 2.96. The third-order valence-electron chi connectivity index (χ3n) is 3.28. The van der Waals surface area contributed by atoms with Crippen LogP contribution in [-0.2, 0) is 6.42 Å². The molecule has 2 aromatic rings. The van der Waals surface area contributed by atoms with Crippen molar-refractivity contribution in [2.45, 2.75) is 19.4 Å². The molecule has 0 spiro atoms. The monoisotopic (exact) mass is 279 g/mol. The molecule has 1 aromatic carbocycles. The molecule has 0 aliphatic carbocycles. The van der Waals surface area contributed by atoms with Gasteiger partial charge in [0.2, 0.25) is 0 Å². The minimum absolute atomic E-state index is 0.151. The van der Waals surface area contributed by atoms with Crippen molar-refractivity contribution in [3.05, 3.63) is 50.2 Å². The Morgan fingerprint density at radius 3 is 3.00 bits per heavy atom. The van der Waals surface area contributed by atoms with E-state index in [0.717, 1.165) is 39.8 Å². The fraction of sp³-hybridized carbons (Fsp3) is 0.286. The second-order valence-corrected chi connectivity index (χ2v) is 5.83. The summed E-state index contributed by atoms with van der Waals surface area (Å²) >= 11 is 7.90. The van der Waals surface area contributed by atoms with Gasteiger partial charge in [0.15, 0.2) is 0 Å². The lowest BCUT2D eigenvalue weighted by atomic mass is 10.0. The number of fused-ring (bicyclic) bond motifs is 1. The number of hydrogen-bond acceptors (Lipinski definition) is 3. The normalized spacial score (nSPS) is 15.3. The third kappa shape index (κ3) is 1.92. The number of nitrogens with two attached hydrogens (primary N) is 1. The van der Waals surface area contributed by atoms with Crippen molar-refractivity contribution in [3.63, 3.8) is 0 Å². The number of benzene rings is 1. The fourth-order valence-electron chi connectivity index (χ4n) is 2.21. The highest BCUT2D eigenvalue weighted by molar-refractivity contribution is 7.10. The van der Waals surface area contributed by atoms with Crippen molar-refractivity contribution < 1.29 is 4.74 Å². The second kappa shape index (κ2) is 4.57. The van der Waals surface area contributed by atoms with Gasteiger partial charge in [0, 0.05) is 11.3 Å². The SMILES string of the molecule is Cc1csc(C(N)c2ccc3c(c2)CCO3)c1Cl. The van der Waals surface area contributed by atoms with E-state index < -0.39 is 0 Å². The van der Waals surface area contributed by atoms with Crippen LogP contribution < -0.4 is 10.5 Å². The molecule has 1 atom stereocenters. The molecule has 0 radical (unpaired) electrons. The molecule has 2 heterocycles. The van der Waals surface area contributed by atoms with Gasteiger partial charge in [0.25, 0.3) is 0 Å². The van der Waals surface area contributed by atoms with Crippen LogP contribution in [0.5, 0.6) is 5.75 Å². The van der Waals surface area contributed by atoms with Gasteiger partial charge in [-0.1, -0.05) is 23.7 Å². The molecule has 18 heavy (non-hydrogen) atoms. The molecule has 2 nitrogen and oxygen atoms in total. The summed E-state index contributed by atoms with van der Waals surface area (Å²) in [6, 6.07) is 6.02. The zero-order valence-electron chi connectivity index (χ0n) is 10.1. The molecule has 0 saturated carbocycles. The van der Waals surface area contributed by atoms with Crippen LogP contribution in [0.4, 0.5) is 0 Å². The van der Waals surface area contributed by atoms with Gasteiger partial charge in [-0.15, -0.1) is 11.3 Å². The van der Waals surface area contributed by atoms with E-state index in [9.17, 15) is 0 Å². The summed E-state index contributed by atoms with van der Waals surface area (Å²) in [7, 11) is 0. The molecule has 1 aromatic heterocycles. The van der Waals surface area contributed by atoms with Gasteiger partial charge in [-0.3, -0.25) is 0 Å². The quantitative estimate of drug-likeness (QED) is 0.910. The van der Waals surface area contributed by atoms with Gasteiger partial charge in [-0.2, -0.15) is 0 Å². The molecule has 0 fully saturated rings. The predicted molar refractivity (Wildman–Crippen MR) is 75.7 cm³/mol. The Bertz CT molecular complexity index is 593. The molecule has 1 aliphatic rings. The van der Waals surface area contributed by atoms with Gasteiger partial charge in [-0.05, 0) is 35.1 Å². The lowest BCUT2D eigenvalue weighted by Crippen LogP contribution is -2.10. The summed E-state index contributed by atoms with van der Waals surface area (Å²) in [5, 5.41) is 2.85. The van der Waals surface area contributed by atoms with Gasteiger partial charge in [-0.25, -0.2) is 0 Å². The van der Waals surface area contributed by atoms with Crippen LogP contribution in [-0.4, -0.2) is 6.61 Å². The molecule has 4 heteroatoms. The highest BCUT2D eigenvalue weighted by Gasteiger charge is 2.19. The predicted octanol–water partition coefficient (Wildman–Crippen LogP) is 3.69. The van der Waals surface area contributed by atoms with Gasteiger partial charge in [0.05, 0.1) is 17.7 Å². The first-order valence-electron chi connectivity index (χ1n) is 5.91. The number of halogens is 1. The maximum absolute atomic E-state index is 6.31. The van der Waals surface area contributed by atoms with Gasteiger partial charge < -0.3 is 10.5 Å². The Balaban J connectivity index is 1.97. The van der Waals surface area contributed by atoms with Crippen molar-refractivity contribution in [1.29, 1.82) is 0 Å². The van der Waals surface area contributed by atoms with Crippen molar-refractivity contribution in [1.82, 2.24) is 0 Å². The minimum Gasteiger partial charge on any atom is -0.493 e.